The first-order valence-corrected chi connectivity index (χ1v) is 1.99. The van der Waals surface area contributed by atoms with Crippen LogP contribution in [0.2, 0.25) is 0 Å². The maximum atomic E-state index is 10.1. The van der Waals surface area contributed by atoms with E-state index < -0.39 is 12.6 Å². The third kappa shape index (κ3) is 4.46. The summed E-state index contributed by atoms with van der Waals surface area (Å²) in [6, 6.07) is 0. The van der Waals surface area contributed by atoms with Crippen LogP contribution in [0.1, 0.15) is 0 Å². The van der Waals surface area contributed by atoms with Gasteiger partial charge >= 0.3 is 12.4 Å². The van der Waals surface area contributed by atoms with E-state index >= 15 is 0 Å². The molecule has 0 aliphatic rings. The lowest BCUT2D eigenvalue weighted by Crippen LogP contribution is -2.10. The Hall–Kier alpha value is -1.39. The minimum Gasteiger partial charge on any atom is -0.456 e. The average molecular weight is 132 g/mol. The monoisotopic (exact) mass is 132 g/mol. The van der Waals surface area contributed by atoms with Crippen molar-refractivity contribution < 1.29 is 23.9 Å². The number of carbonyl (C=O) groups is 3. The standard InChI is InChI=1S/C4H4O5/c5-2-8-1-4(7)9-3-6/h2-3H,1H2. The van der Waals surface area contributed by atoms with E-state index in [9.17, 15) is 14.4 Å². The molecule has 50 valence electrons. The molecule has 0 aromatic carbocycles. The van der Waals surface area contributed by atoms with Crippen molar-refractivity contribution in [1.82, 2.24) is 0 Å². The molecule has 0 aliphatic carbocycles. The number of hydrogen-bond donors (Lipinski definition) is 0. The van der Waals surface area contributed by atoms with Crippen molar-refractivity contribution in [3.8, 4) is 0 Å². The number of hydrogen-bond acceptors (Lipinski definition) is 5. The molecule has 0 N–H and O–H groups in total. The highest BCUT2D eigenvalue weighted by Gasteiger charge is 1.99. The Morgan fingerprint density at radius 2 is 2.00 bits per heavy atom. The van der Waals surface area contributed by atoms with Crippen molar-refractivity contribution in [3.63, 3.8) is 0 Å². The van der Waals surface area contributed by atoms with Crippen LogP contribution in [0.25, 0.3) is 0 Å². The summed E-state index contributed by atoms with van der Waals surface area (Å²) < 4.78 is 7.67. The van der Waals surface area contributed by atoms with Crippen molar-refractivity contribution in [2.45, 2.75) is 0 Å². The zero-order chi connectivity index (χ0) is 7.11. The molecular weight excluding hydrogens is 128 g/mol. The van der Waals surface area contributed by atoms with Gasteiger partial charge in [-0.05, 0) is 0 Å². The minimum absolute atomic E-state index is 0.0313. The Morgan fingerprint density at radius 1 is 1.33 bits per heavy atom. The fraction of sp³-hybridized carbons (Fsp3) is 0.250. The lowest BCUT2D eigenvalue weighted by atomic mass is 10.7. The molecule has 0 rings (SSSR count). The van der Waals surface area contributed by atoms with Gasteiger partial charge in [-0.15, -0.1) is 0 Å². The number of esters is 1. The van der Waals surface area contributed by atoms with Gasteiger partial charge in [0.2, 0.25) is 0 Å². The van der Waals surface area contributed by atoms with E-state index in [4.69, 9.17) is 0 Å². The largest absolute Gasteiger partial charge is 0.456 e. The van der Waals surface area contributed by atoms with E-state index in [1.165, 1.54) is 0 Å². The van der Waals surface area contributed by atoms with Crippen LogP contribution in [-0.4, -0.2) is 25.5 Å². The molecule has 0 bridgehead atoms. The second-order valence-corrected chi connectivity index (χ2v) is 0.993. The van der Waals surface area contributed by atoms with Crippen LogP contribution in [0.5, 0.6) is 0 Å². The molecule has 0 aromatic rings. The summed E-state index contributed by atoms with van der Waals surface area (Å²) in [4.78, 5) is 28.9. The Morgan fingerprint density at radius 3 is 2.44 bits per heavy atom. The van der Waals surface area contributed by atoms with Gasteiger partial charge in [0.15, 0.2) is 6.61 Å². The number of rotatable bonds is 4. The van der Waals surface area contributed by atoms with E-state index in [0.717, 1.165) is 0 Å². The minimum atomic E-state index is -0.892. The molecule has 0 heterocycles. The van der Waals surface area contributed by atoms with Gasteiger partial charge in [0.05, 0.1) is 0 Å². The first-order chi connectivity index (χ1) is 4.31. The number of ether oxygens (including phenoxy) is 2. The molecule has 0 aromatic heterocycles. The van der Waals surface area contributed by atoms with Crippen LogP contribution in [-0.2, 0) is 23.9 Å². The molecule has 0 fully saturated rings. The van der Waals surface area contributed by atoms with Gasteiger partial charge in [-0.2, -0.15) is 0 Å². The van der Waals surface area contributed by atoms with Crippen LogP contribution < -0.4 is 0 Å². The Balaban J connectivity index is 3.26. The molecule has 0 unspecified atom stereocenters. The highest BCUT2D eigenvalue weighted by atomic mass is 16.6. The molecule has 0 saturated heterocycles. The number of carbonyl (C=O) groups excluding carboxylic acids is 3. The highest BCUT2D eigenvalue weighted by molar-refractivity contribution is 5.78. The predicted molar refractivity (Wildman–Crippen MR) is 24.2 cm³/mol. The zero-order valence-corrected chi connectivity index (χ0v) is 4.40. The highest BCUT2D eigenvalue weighted by Crippen LogP contribution is 1.73. The lowest BCUT2D eigenvalue weighted by molar-refractivity contribution is -0.157. The van der Waals surface area contributed by atoms with Crippen molar-refractivity contribution in [3.05, 3.63) is 0 Å². The normalized spacial score (nSPS) is 7.56. The van der Waals surface area contributed by atoms with E-state index in [1.807, 2.05) is 0 Å². The van der Waals surface area contributed by atoms with Gasteiger partial charge in [0.25, 0.3) is 6.47 Å². The summed E-state index contributed by atoms with van der Waals surface area (Å²) >= 11 is 0. The fourth-order valence-corrected chi connectivity index (χ4v) is 0.190. The lowest BCUT2D eigenvalue weighted by Gasteiger charge is -1.91. The maximum absolute atomic E-state index is 10.1. The van der Waals surface area contributed by atoms with Gasteiger partial charge < -0.3 is 9.47 Å². The summed E-state index contributed by atoms with van der Waals surface area (Å²) in [6.07, 6.45) is 0. The molecule has 0 saturated carbocycles. The maximum Gasteiger partial charge on any atom is 0.351 e. The molecule has 0 atom stereocenters. The molecule has 0 radical (unpaired) electrons. The summed E-state index contributed by atoms with van der Waals surface area (Å²) in [5.41, 5.74) is 0. The molecule has 5 heteroatoms. The van der Waals surface area contributed by atoms with Crippen molar-refractivity contribution in [2.24, 2.45) is 0 Å². The molecule has 0 aliphatic heterocycles. The van der Waals surface area contributed by atoms with E-state index in [0.29, 0.717) is 0 Å². The first-order valence-electron chi connectivity index (χ1n) is 1.99. The second kappa shape index (κ2) is 4.76. The third-order valence-electron chi connectivity index (χ3n) is 0.449. The Kier molecular flexibility index (Phi) is 4.03. The smallest absolute Gasteiger partial charge is 0.351 e. The third-order valence-corrected chi connectivity index (χ3v) is 0.449. The first kappa shape index (κ1) is 7.61. The topological polar surface area (TPSA) is 69.7 Å². The summed E-state index contributed by atoms with van der Waals surface area (Å²) in [6.45, 7) is -0.467. The van der Waals surface area contributed by atoms with Crippen LogP contribution >= 0.6 is 0 Å². The second-order valence-electron chi connectivity index (χ2n) is 0.993. The molecule has 5 nitrogen and oxygen atoms in total. The Labute approximate surface area is 50.5 Å². The predicted octanol–water partition coefficient (Wildman–Crippen LogP) is -1.14. The summed E-state index contributed by atoms with van der Waals surface area (Å²) in [5.74, 6) is -0.892. The van der Waals surface area contributed by atoms with Gasteiger partial charge in [0, 0.05) is 0 Å². The van der Waals surface area contributed by atoms with Gasteiger partial charge in [-0.1, -0.05) is 0 Å². The molecule has 0 spiro atoms. The van der Waals surface area contributed by atoms with E-state index in [2.05, 4.69) is 9.47 Å². The SMILES string of the molecule is O=COCC(=O)OC=O. The summed E-state index contributed by atoms with van der Waals surface area (Å²) in [7, 11) is 0. The van der Waals surface area contributed by atoms with Gasteiger partial charge in [0.1, 0.15) is 0 Å². The van der Waals surface area contributed by atoms with Gasteiger partial charge in [-0.25, -0.2) is 4.79 Å². The van der Waals surface area contributed by atoms with Gasteiger partial charge in [-0.3, -0.25) is 9.59 Å². The average Bonchev–Trinajstić information content (AvgIpc) is 1.85. The van der Waals surface area contributed by atoms with Crippen LogP contribution in [0.4, 0.5) is 0 Å². The molecule has 9 heavy (non-hydrogen) atoms. The van der Waals surface area contributed by atoms with Crippen LogP contribution in [0.3, 0.4) is 0 Å². The van der Waals surface area contributed by atoms with Crippen molar-refractivity contribution in [2.75, 3.05) is 6.61 Å². The Bertz CT molecular complexity index is 118. The van der Waals surface area contributed by atoms with Crippen molar-refractivity contribution in [1.29, 1.82) is 0 Å². The van der Waals surface area contributed by atoms with Crippen molar-refractivity contribution >= 4 is 18.9 Å². The zero-order valence-electron chi connectivity index (χ0n) is 4.40. The van der Waals surface area contributed by atoms with Crippen LogP contribution in [0, 0.1) is 0 Å². The van der Waals surface area contributed by atoms with E-state index in [1.54, 1.807) is 0 Å². The molecular formula is C4H4O5. The molecule has 0 amide bonds. The fourth-order valence-electron chi connectivity index (χ4n) is 0.190. The quantitative estimate of drug-likeness (QED) is 0.274. The van der Waals surface area contributed by atoms with Crippen LogP contribution in [0.15, 0.2) is 0 Å². The van der Waals surface area contributed by atoms with E-state index in [-0.39, 0.29) is 12.9 Å². The summed E-state index contributed by atoms with van der Waals surface area (Å²) in [5, 5.41) is 0.